The summed E-state index contributed by atoms with van der Waals surface area (Å²) in [5, 5.41) is 13.5. The molecule has 0 saturated heterocycles. The molecule has 0 aliphatic heterocycles. The predicted molar refractivity (Wildman–Crippen MR) is 77.1 cm³/mol. The van der Waals surface area contributed by atoms with Crippen LogP contribution in [0.15, 0.2) is 16.6 Å². The number of carbonyl (C=O) groups is 2. The number of carboxylic acids is 1. The second-order valence-electron chi connectivity index (χ2n) is 4.54. The lowest BCUT2D eigenvalue weighted by Crippen LogP contribution is -2.46. The third kappa shape index (κ3) is 4.66. The number of benzene rings is 1. The van der Waals surface area contributed by atoms with Gasteiger partial charge in [-0.05, 0) is 27.9 Å². The first kappa shape index (κ1) is 17.4. The molecule has 8 heteroatoms. The first-order chi connectivity index (χ1) is 9.76. The molecule has 1 aromatic rings. The van der Waals surface area contributed by atoms with E-state index in [2.05, 4.69) is 26.6 Å². The van der Waals surface area contributed by atoms with Gasteiger partial charge < -0.3 is 15.7 Å². The molecule has 1 aromatic carbocycles. The van der Waals surface area contributed by atoms with Crippen LogP contribution in [0.5, 0.6) is 0 Å². The minimum Gasteiger partial charge on any atom is -0.480 e. The highest BCUT2D eigenvalue weighted by Crippen LogP contribution is 2.26. The number of hydrogen-bond donors (Lipinski definition) is 3. The fourth-order valence-electron chi connectivity index (χ4n) is 1.64. The molecular formula is C13H15BrF2N2O3. The molecular weight excluding hydrogens is 350 g/mol. The Morgan fingerprint density at radius 3 is 2.48 bits per heavy atom. The Hall–Kier alpha value is -1.70. The van der Waals surface area contributed by atoms with Crippen LogP contribution < -0.4 is 10.6 Å². The van der Waals surface area contributed by atoms with E-state index in [1.165, 1.54) is 0 Å². The van der Waals surface area contributed by atoms with Crippen LogP contribution in [-0.2, 0) is 4.79 Å². The highest BCUT2D eigenvalue weighted by atomic mass is 79.9. The quantitative estimate of drug-likeness (QED) is 0.749. The summed E-state index contributed by atoms with van der Waals surface area (Å²) in [4.78, 5) is 22.9. The largest absolute Gasteiger partial charge is 0.480 e. The fourth-order valence-corrected chi connectivity index (χ4v) is 2.14. The first-order valence-corrected chi connectivity index (χ1v) is 7.00. The zero-order chi connectivity index (χ0) is 16.2. The molecule has 0 aromatic heterocycles. The van der Waals surface area contributed by atoms with Gasteiger partial charge in [0.1, 0.15) is 11.9 Å². The number of urea groups is 1. The maximum Gasteiger partial charge on any atom is 0.326 e. The molecule has 1 rings (SSSR count). The smallest absolute Gasteiger partial charge is 0.326 e. The zero-order valence-electron chi connectivity index (χ0n) is 11.4. The lowest BCUT2D eigenvalue weighted by molar-refractivity contribution is -0.140. The zero-order valence-corrected chi connectivity index (χ0v) is 13.0. The number of carboxylic acid groups (broad SMARTS) is 1. The van der Waals surface area contributed by atoms with Gasteiger partial charge in [0.25, 0.3) is 0 Å². The van der Waals surface area contributed by atoms with Crippen molar-refractivity contribution < 1.29 is 23.5 Å². The Morgan fingerprint density at radius 2 is 2.00 bits per heavy atom. The van der Waals surface area contributed by atoms with E-state index >= 15 is 0 Å². The summed E-state index contributed by atoms with van der Waals surface area (Å²) in [7, 11) is 0. The minimum atomic E-state index is -1.18. The molecule has 0 radical (unpaired) electrons. The van der Waals surface area contributed by atoms with E-state index in [1.807, 2.05) is 0 Å². The summed E-state index contributed by atoms with van der Waals surface area (Å²) in [5.41, 5.74) is -0.262. The van der Waals surface area contributed by atoms with Crippen molar-refractivity contribution in [2.75, 3.05) is 5.32 Å². The molecule has 5 nitrogen and oxygen atoms in total. The second kappa shape index (κ2) is 7.35. The van der Waals surface area contributed by atoms with E-state index in [0.717, 1.165) is 6.07 Å². The molecule has 2 atom stereocenters. The van der Waals surface area contributed by atoms with Crippen LogP contribution >= 0.6 is 15.9 Å². The molecule has 0 aliphatic carbocycles. The van der Waals surface area contributed by atoms with Gasteiger partial charge in [0.15, 0.2) is 5.82 Å². The van der Waals surface area contributed by atoms with Crippen LogP contribution in [0.3, 0.4) is 0 Å². The third-order valence-corrected chi connectivity index (χ3v) is 3.64. The Labute approximate surface area is 128 Å². The fraction of sp³-hybridized carbons (Fsp3) is 0.385. The number of halogens is 3. The number of nitrogens with one attached hydrogen (secondary N) is 2. The predicted octanol–water partition coefficient (Wildman–Crippen LogP) is 3.35. The molecule has 0 spiro atoms. The number of hydrogen-bond acceptors (Lipinski definition) is 2. The summed E-state index contributed by atoms with van der Waals surface area (Å²) in [5.74, 6) is -3.24. The normalized spacial score (nSPS) is 13.4. The van der Waals surface area contributed by atoms with Crippen molar-refractivity contribution in [2.45, 2.75) is 26.3 Å². The van der Waals surface area contributed by atoms with Crippen molar-refractivity contribution in [2.24, 2.45) is 5.92 Å². The van der Waals surface area contributed by atoms with Crippen molar-refractivity contribution in [3.8, 4) is 0 Å². The van der Waals surface area contributed by atoms with E-state index in [4.69, 9.17) is 5.11 Å². The topological polar surface area (TPSA) is 78.4 Å². The number of aliphatic carboxylic acids is 1. The lowest BCUT2D eigenvalue weighted by Gasteiger charge is -2.20. The van der Waals surface area contributed by atoms with Crippen molar-refractivity contribution in [3.63, 3.8) is 0 Å². The molecule has 3 N–H and O–H groups in total. The lowest BCUT2D eigenvalue weighted by atomic mass is 9.99. The Bertz CT molecular complexity index is 531. The van der Waals surface area contributed by atoms with Crippen molar-refractivity contribution >= 4 is 33.6 Å². The van der Waals surface area contributed by atoms with Gasteiger partial charge in [0, 0.05) is 10.5 Å². The standard InChI is InChI=1S/C13H15BrF2N2O3/c1-3-6(2)10(12(19)20)17-13(21)18-11-8(14)4-7(15)5-9(11)16/h4-6,10H,3H2,1-2H3,(H,19,20)(H2,17,18,21)/t6-,10-/m0/s1. The third-order valence-electron chi connectivity index (χ3n) is 3.01. The summed E-state index contributed by atoms with van der Waals surface area (Å²) in [6.07, 6.45) is 0.547. The van der Waals surface area contributed by atoms with Crippen LogP contribution in [0.25, 0.3) is 0 Å². The Morgan fingerprint density at radius 1 is 1.38 bits per heavy atom. The van der Waals surface area contributed by atoms with Gasteiger partial charge in [-0.25, -0.2) is 18.4 Å². The van der Waals surface area contributed by atoms with Crippen molar-refractivity contribution in [1.29, 1.82) is 0 Å². The Balaban J connectivity index is 2.84. The summed E-state index contributed by atoms with van der Waals surface area (Å²) >= 11 is 2.93. The van der Waals surface area contributed by atoms with Crippen LogP contribution in [0.1, 0.15) is 20.3 Å². The molecule has 21 heavy (non-hydrogen) atoms. The highest BCUT2D eigenvalue weighted by molar-refractivity contribution is 9.10. The van der Waals surface area contributed by atoms with Gasteiger partial charge >= 0.3 is 12.0 Å². The van der Waals surface area contributed by atoms with E-state index in [-0.39, 0.29) is 16.1 Å². The number of anilines is 1. The first-order valence-electron chi connectivity index (χ1n) is 6.21. The molecule has 0 heterocycles. The van der Waals surface area contributed by atoms with Crippen molar-refractivity contribution in [3.05, 3.63) is 28.2 Å². The van der Waals surface area contributed by atoms with Crippen LogP contribution in [0, 0.1) is 17.6 Å². The number of rotatable bonds is 5. The van der Waals surface area contributed by atoms with E-state index in [0.29, 0.717) is 12.5 Å². The molecule has 0 saturated carbocycles. The van der Waals surface area contributed by atoms with Gasteiger partial charge in [-0.1, -0.05) is 20.3 Å². The number of carbonyl (C=O) groups excluding carboxylic acids is 1. The minimum absolute atomic E-state index is 0.0190. The van der Waals surface area contributed by atoms with Crippen LogP contribution in [-0.4, -0.2) is 23.1 Å². The van der Waals surface area contributed by atoms with Gasteiger partial charge in [0.05, 0.1) is 5.69 Å². The molecule has 0 fully saturated rings. The SMILES string of the molecule is CC[C@H](C)[C@H](NC(=O)Nc1c(F)cc(F)cc1Br)C(=O)O. The van der Waals surface area contributed by atoms with E-state index < -0.39 is 29.7 Å². The van der Waals surface area contributed by atoms with Gasteiger partial charge in [0.2, 0.25) is 0 Å². The van der Waals surface area contributed by atoms with Gasteiger partial charge in [-0.2, -0.15) is 0 Å². The summed E-state index contributed by atoms with van der Waals surface area (Å²) in [6, 6.07) is -0.377. The molecule has 2 amide bonds. The molecule has 0 unspecified atom stereocenters. The number of amides is 2. The molecule has 116 valence electrons. The van der Waals surface area contributed by atoms with E-state index in [9.17, 15) is 18.4 Å². The average molecular weight is 365 g/mol. The molecule has 0 bridgehead atoms. The van der Waals surface area contributed by atoms with Gasteiger partial charge in [-0.3, -0.25) is 0 Å². The second-order valence-corrected chi connectivity index (χ2v) is 5.40. The van der Waals surface area contributed by atoms with E-state index in [1.54, 1.807) is 13.8 Å². The Kier molecular flexibility index (Phi) is 6.07. The maximum absolute atomic E-state index is 13.6. The monoisotopic (exact) mass is 364 g/mol. The maximum atomic E-state index is 13.6. The summed E-state index contributed by atoms with van der Waals surface area (Å²) in [6.45, 7) is 3.46. The van der Waals surface area contributed by atoms with Crippen LogP contribution in [0.2, 0.25) is 0 Å². The average Bonchev–Trinajstić information content (AvgIpc) is 2.39. The highest BCUT2D eigenvalue weighted by Gasteiger charge is 2.25. The summed E-state index contributed by atoms with van der Waals surface area (Å²) < 4.78 is 26.5. The molecule has 0 aliphatic rings. The van der Waals surface area contributed by atoms with Crippen molar-refractivity contribution in [1.82, 2.24) is 5.32 Å². The van der Waals surface area contributed by atoms with Gasteiger partial charge in [-0.15, -0.1) is 0 Å². The van der Waals surface area contributed by atoms with Crippen LogP contribution in [0.4, 0.5) is 19.3 Å².